The minimum Gasteiger partial charge on any atom is -0.374 e. The van der Waals surface area contributed by atoms with Gasteiger partial charge in [-0.3, -0.25) is 9.59 Å². The molecule has 0 bridgehead atoms. The number of likely N-dealkylation sites (tertiary alicyclic amines) is 1. The average molecular weight is 342 g/mol. The zero-order chi connectivity index (χ0) is 16.8. The molecule has 2 rings (SSSR count). The van der Waals surface area contributed by atoms with Crippen LogP contribution in [0.4, 0.5) is 10.1 Å². The van der Waals surface area contributed by atoms with Gasteiger partial charge in [0.05, 0.1) is 17.3 Å². The van der Waals surface area contributed by atoms with Crippen LogP contribution in [0.25, 0.3) is 0 Å². The van der Waals surface area contributed by atoms with Gasteiger partial charge >= 0.3 is 0 Å². The Kier molecular flexibility index (Phi) is 6.21. The van der Waals surface area contributed by atoms with Crippen LogP contribution in [0.3, 0.4) is 0 Å². The molecule has 1 heterocycles. The van der Waals surface area contributed by atoms with Crippen molar-refractivity contribution in [2.24, 2.45) is 0 Å². The van der Waals surface area contributed by atoms with E-state index < -0.39 is 11.9 Å². The molecule has 1 aliphatic heterocycles. The van der Waals surface area contributed by atoms with Gasteiger partial charge in [0, 0.05) is 13.1 Å². The Bertz CT molecular complexity index is 576. The number of rotatable bonds is 5. The molecule has 1 aromatic rings. The number of carbonyl (C=O) groups is 2. The van der Waals surface area contributed by atoms with Crippen LogP contribution in [0.15, 0.2) is 18.2 Å². The molecule has 1 saturated heterocycles. The number of amides is 2. The van der Waals surface area contributed by atoms with Crippen LogP contribution in [-0.4, -0.2) is 42.4 Å². The van der Waals surface area contributed by atoms with Crippen LogP contribution in [0, 0.1) is 5.82 Å². The summed E-state index contributed by atoms with van der Waals surface area (Å²) in [5.41, 5.74) is 0.155. The topological polar surface area (TPSA) is 61.4 Å². The molecule has 1 unspecified atom stereocenters. The van der Waals surface area contributed by atoms with E-state index in [9.17, 15) is 14.0 Å². The van der Waals surface area contributed by atoms with Crippen molar-refractivity contribution in [3.8, 4) is 0 Å². The highest BCUT2D eigenvalue weighted by atomic mass is 35.5. The number of piperidine rings is 1. The van der Waals surface area contributed by atoms with Crippen molar-refractivity contribution < 1.29 is 14.0 Å². The van der Waals surface area contributed by atoms with Crippen molar-refractivity contribution in [2.45, 2.75) is 32.2 Å². The summed E-state index contributed by atoms with van der Waals surface area (Å²) >= 11 is 5.68. The van der Waals surface area contributed by atoms with Gasteiger partial charge in [0.1, 0.15) is 6.04 Å². The summed E-state index contributed by atoms with van der Waals surface area (Å²) in [6, 6.07) is 3.93. The maximum Gasteiger partial charge on any atom is 0.244 e. The van der Waals surface area contributed by atoms with Crippen molar-refractivity contribution in [3.05, 3.63) is 29.0 Å². The maximum atomic E-state index is 13.7. The van der Waals surface area contributed by atoms with Gasteiger partial charge < -0.3 is 15.5 Å². The second kappa shape index (κ2) is 8.15. The van der Waals surface area contributed by atoms with Gasteiger partial charge in [-0.25, -0.2) is 4.39 Å². The Labute approximate surface area is 140 Å². The molecular weight excluding hydrogens is 321 g/mol. The fourth-order valence-electron chi connectivity index (χ4n) is 2.56. The molecule has 7 heteroatoms. The lowest BCUT2D eigenvalue weighted by molar-refractivity contribution is -0.136. The van der Waals surface area contributed by atoms with Crippen LogP contribution in [0.1, 0.15) is 26.2 Å². The zero-order valence-electron chi connectivity index (χ0n) is 13.1. The summed E-state index contributed by atoms with van der Waals surface area (Å²) in [6.45, 7) is 3.01. The molecule has 0 radical (unpaired) electrons. The van der Waals surface area contributed by atoms with E-state index in [2.05, 4.69) is 10.6 Å². The molecule has 5 nitrogen and oxygen atoms in total. The number of benzene rings is 1. The fourth-order valence-corrected chi connectivity index (χ4v) is 2.73. The van der Waals surface area contributed by atoms with Crippen molar-refractivity contribution in [3.63, 3.8) is 0 Å². The van der Waals surface area contributed by atoms with Crippen LogP contribution in [0.2, 0.25) is 5.02 Å². The third-order valence-electron chi connectivity index (χ3n) is 3.81. The van der Waals surface area contributed by atoms with Crippen LogP contribution < -0.4 is 10.6 Å². The Morgan fingerprint density at radius 2 is 2.00 bits per heavy atom. The van der Waals surface area contributed by atoms with Crippen molar-refractivity contribution in [1.29, 1.82) is 0 Å². The van der Waals surface area contributed by atoms with E-state index in [1.807, 2.05) is 0 Å². The summed E-state index contributed by atoms with van der Waals surface area (Å²) in [6.07, 6.45) is 3.14. The van der Waals surface area contributed by atoms with E-state index in [4.69, 9.17) is 11.6 Å². The smallest absolute Gasteiger partial charge is 0.244 e. The van der Waals surface area contributed by atoms with E-state index in [1.54, 1.807) is 17.9 Å². The number of halogens is 2. The normalized spacial score (nSPS) is 15.9. The van der Waals surface area contributed by atoms with Crippen molar-refractivity contribution in [2.75, 3.05) is 25.0 Å². The fraction of sp³-hybridized carbons (Fsp3) is 0.500. The number of nitrogens with zero attached hydrogens (tertiary/aromatic N) is 1. The number of hydrogen-bond donors (Lipinski definition) is 2. The molecule has 126 valence electrons. The Morgan fingerprint density at radius 1 is 1.30 bits per heavy atom. The first-order chi connectivity index (χ1) is 11.0. The minimum absolute atomic E-state index is 0.0101. The van der Waals surface area contributed by atoms with Gasteiger partial charge in [-0.15, -0.1) is 0 Å². The number of anilines is 1. The van der Waals surface area contributed by atoms with Crippen molar-refractivity contribution in [1.82, 2.24) is 10.2 Å². The summed E-state index contributed by atoms with van der Waals surface area (Å²) in [5, 5.41) is 5.30. The zero-order valence-corrected chi connectivity index (χ0v) is 13.8. The highest BCUT2D eigenvalue weighted by Gasteiger charge is 2.23. The molecule has 1 aliphatic rings. The van der Waals surface area contributed by atoms with Gasteiger partial charge in [-0.05, 0) is 38.3 Å². The molecule has 0 spiro atoms. The third kappa shape index (κ3) is 4.82. The second-order valence-corrected chi connectivity index (χ2v) is 6.04. The summed E-state index contributed by atoms with van der Waals surface area (Å²) in [4.78, 5) is 25.9. The maximum absolute atomic E-state index is 13.7. The van der Waals surface area contributed by atoms with Gasteiger partial charge in [0.15, 0.2) is 5.82 Å². The molecule has 0 aromatic heterocycles. The predicted molar refractivity (Wildman–Crippen MR) is 87.9 cm³/mol. The lowest BCUT2D eigenvalue weighted by Crippen LogP contribution is -2.49. The van der Waals surface area contributed by atoms with Crippen molar-refractivity contribution >= 4 is 29.1 Å². The average Bonchev–Trinajstić information content (AvgIpc) is 2.56. The third-order valence-corrected chi connectivity index (χ3v) is 4.10. The molecular formula is C16H21ClFN3O2. The second-order valence-electron chi connectivity index (χ2n) is 5.63. The van der Waals surface area contributed by atoms with E-state index in [0.717, 1.165) is 32.4 Å². The summed E-state index contributed by atoms with van der Waals surface area (Å²) < 4.78 is 13.7. The van der Waals surface area contributed by atoms with Gasteiger partial charge in [0.25, 0.3) is 0 Å². The molecule has 1 atom stereocenters. The lowest BCUT2D eigenvalue weighted by Gasteiger charge is -2.29. The van der Waals surface area contributed by atoms with Crippen LogP contribution >= 0.6 is 11.6 Å². The van der Waals surface area contributed by atoms with Gasteiger partial charge in [-0.1, -0.05) is 17.7 Å². The van der Waals surface area contributed by atoms with E-state index in [0.29, 0.717) is 0 Å². The quantitative estimate of drug-likeness (QED) is 0.864. The number of hydrogen-bond acceptors (Lipinski definition) is 3. The van der Waals surface area contributed by atoms with E-state index in [-0.39, 0.29) is 29.1 Å². The molecule has 1 aromatic carbocycles. The first kappa shape index (κ1) is 17.5. The largest absolute Gasteiger partial charge is 0.374 e. The summed E-state index contributed by atoms with van der Waals surface area (Å²) in [7, 11) is 0. The SMILES string of the molecule is CC(NC(=O)CNc1cccc(Cl)c1F)C(=O)N1CCCCC1. The number of nitrogens with one attached hydrogen (secondary N) is 2. The molecule has 1 fully saturated rings. The monoisotopic (exact) mass is 341 g/mol. The standard InChI is InChI=1S/C16H21ClFN3O2/c1-11(16(23)21-8-3-2-4-9-21)20-14(22)10-19-13-7-5-6-12(17)15(13)18/h5-7,11,19H,2-4,8-10H2,1H3,(H,20,22). The van der Waals surface area contributed by atoms with Gasteiger partial charge in [0.2, 0.25) is 11.8 Å². The highest BCUT2D eigenvalue weighted by molar-refractivity contribution is 6.31. The highest BCUT2D eigenvalue weighted by Crippen LogP contribution is 2.21. The Morgan fingerprint density at radius 3 is 2.70 bits per heavy atom. The number of carbonyl (C=O) groups excluding carboxylic acids is 2. The van der Waals surface area contributed by atoms with E-state index in [1.165, 1.54) is 12.1 Å². The predicted octanol–water partition coefficient (Wildman–Crippen LogP) is 2.41. The van der Waals surface area contributed by atoms with E-state index >= 15 is 0 Å². The molecule has 0 saturated carbocycles. The molecule has 2 amide bonds. The first-order valence-electron chi connectivity index (χ1n) is 7.75. The molecule has 2 N–H and O–H groups in total. The first-order valence-corrected chi connectivity index (χ1v) is 8.13. The Hall–Kier alpha value is -1.82. The Balaban J connectivity index is 1.81. The minimum atomic E-state index is -0.598. The lowest BCUT2D eigenvalue weighted by atomic mass is 10.1. The van der Waals surface area contributed by atoms with Crippen LogP contribution in [0.5, 0.6) is 0 Å². The van der Waals surface area contributed by atoms with Gasteiger partial charge in [-0.2, -0.15) is 0 Å². The molecule has 23 heavy (non-hydrogen) atoms. The van der Waals surface area contributed by atoms with Crippen LogP contribution in [-0.2, 0) is 9.59 Å². The molecule has 0 aliphatic carbocycles. The summed E-state index contributed by atoms with van der Waals surface area (Å²) in [5.74, 6) is -1.05.